The summed E-state index contributed by atoms with van der Waals surface area (Å²) in [5, 5.41) is -3.97. The summed E-state index contributed by atoms with van der Waals surface area (Å²) in [4.78, 5) is 0. The molecule has 1 aromatic rings. The molecule has 0 heterocycles. The molecule has 1 aromatic carbocycles. The lowest BCUT2D eigenvalue weighted by molar-refractivity contribution is 0.370. The van der Waals surface area contributed by atoms with Gasteiger partial charge in [-0.2, -0.15) is 16.8 Å². The van der Waals surface area contributed by atoms with E-state index in [1.165, 1.54) is 0 Å². The van der Waals surface area contributed by atoms with Gasteiger partial charge in [0.2, 0.25) is 0 Å². The van der Waals surface area contributed by atoms with Crippen LogP contribution in [0.2, 0.25) is 0 Å². The second-order valence-electron chi connectivity index (χ2n) is 4.48. The minimum absolute atomic E-state index is 0.348. The van der Waals surface area contributed by atoms with Crippen LogP contribution in [-0.4, -0.2) is 54.0 Å². The van der Waals surface area contributed by atoms with E-state index in [4.69, 9.17) is 0 Å². The molecule has 24 heavy (non-hydrogen) atoms. The summed E-state index contributed by atoms with van der Waals surface area (Å²) >= 11 is 0. The van der Waals surface area contributed by atoms with Gasteiger partial charge in [-0.1, -0.05) is 0 Å². The van der Waals surface area contributed by atoms with E-state index in [2.05, 4.69) is 8.37 Å². The van der Waals surface area contributed by atoms with E-state index in [-0.39, 0.29) is 11.5 Å². The van der Waals surface area contributed by atoms with E-state index in [0.29, 0.717) is 0 Å². The second-order valence-corrected chi connectivity index (χ2v) is 8.12. The Hall–Kier alpha value is -1.56. The molecule has 0 aromatic heterocycles. The van der Waals surface area contributed by atoms with Crippen molar-refractivity contribution in [1.29, 1.82) is 0 Å². The van der Waals surface area contributed by atoms with Crippen molar-refractivity contribution in [2.24, 2.45) is 0 Å². The predicted molar refractivity (Wildman–Crippen MR) is 77.0 cm³/mol. The molecule has 0 aliphatic carbocycles. The third-order valence-electron chi connectivity index (χ3n) is 2.75. The fourth-order valence-corrected chi connectivity index (χ4v) is 2.99. The Kier molecular flexibility index (Phi) is 7.27. The summed E-state index contributed by atoms with van der Waals surface area (Å²) in [6, 6.07) is 3.82. The first kappa shape index (κ1) is 20.5. The van der Waals surface area contributed by atoms with E-state index in [9.17, 15) is 34.4 Å². The Labute approximate surface area is 136 Å². The molecule has 12 heteroatoms. The van der Waals surface area contributed by atoms with Gasteiger partial charge in [-0.15, -0.1) is 0 Å². The van der Waals surface area contributed by atoms with Crippen LogP contribution in [0.4, 0.5) is 17.6 Å². The van der Waals surface area contributed by atoms with Crippen molar-refractivity contribution in [2.45, 2.75) is 10.5 Å². The Morgan fingerprint density at radius 1 is 0.667 bits per heavy atom. The highest BCUT2D eigenvalue weighted by atomic mass is 32.2. The van der Waals surface area contributed by atoms with Gasteiger partial charge in [-0.3, -0.25) is 0 Å². The minimum atomic E-state index is -4.55. The average molecular weight is 394 g/mol. The molecule has 1 rings (SSSR count). The topological polar surface area (TPSA) is 86.7 Å². The first-order valence-electron chi connectivity index (χ1n) is 6.40. The van der Waals surface area contributed by atoms with Gasteiger partial charge in [-0.25, -0.2) is 17.6 Å². The Morgan fingerprint density at radius 2 is 0.917 bits per heavy atom. The number of rotatable bonds is 10. The third kappa shape index (κ3) is 5.23. The average Bonchev–Trinajstić information content (AvgIpc) is 2.50. The van der Waals surface area contributed by atoms with E-state index in [1.54, 1.807) is 0 Å². The standard InChI is InChI=1S/C12H14F4O6S2/c13-5-11(6-14)23(17,18)21-9-1-2-10(4-3-9)22-24(19,20)12(7-15)8-16/h1-4,11-12H,5-8H2. The molecular weight excluding hydrogens is 380 g/mol. The van der Waals surface area contributed by atoms with Gasteiger partial charge in [0.25, 0.3) is 0 Å². The van der Waals surface area contributed by atoms with E-state index >= 15 is 0 Å². The number of hydrogen-bond donors (Lipinski definition) is 0. The maximum atomic E-state index is 12.4. The van der Waals surface area contributed by atoms with Crippen molar-refractivity contribution in [3.05, 3.63) is 24.3 Å². The Balaban J connectivity index is 2.87. The monoisotopic (exact) mass is 394 g/mol. The summed E-state index contributed by atoms with van der Waals surface area (Å²) in [6.45, 7) is -5.92. The van der Waals surface area contributed by atoms with Crippen molar-refractivity contribution >= 4 is 20.2 Å². The molecule has 0 spiro atoms. The highest BCUT2D eigenvalue weighted by Crippen LogP contribution is 2.22. The zero-order valence-electron chi connectivity index (χ0n) is 12.1. The number of hydrogen-bond acceptors (Lipinski definition) is 6. The van der Waals surface area contributed by atoms with Crippen LogP contribution in [0.15, 0.2) is 24.3 Å². The minimum Gasteiger partial charge on any atom is -0.382 e. The van der Waals surface area contributed by atoms with Crippen molar-refractivity contribution in [1.82, 2.24) is 0 Å². The summed E-state index contributed by atoms with van der Waals surface area (Å²) in [5.41, 5.74) is 0. The smallest absolute Gasteiger partial charge is 0.317 e. The van der Waals surface area contributed by atoms with E-state index in [1.807, 2.05) is 0 Å². The van der Waals surface area contributed by atoms with Gasteiger partial charge in [0.15, 0.2) is 10.5 Å². The maximum absolute atomic E-state index is 12.4. The van der Waals surface area contributed by atoms with Crippen LogP contribution in [0.25, 0.3) is 0 Å². The first-order chi connectivity index (χ1) is 11.2. The SMILES string of the molecule is O=S(=O)(Oc1ccc(OS(=O)(=O)C(CF)CF)cc1)C(CF)CF. The molecule has 0 fully saturated rings. The number of alkyl halides is 4. The summed E-state index contributed by atoms with van der Waals surface area (Å²) in [7, 11) is -9.11. The van der Waals surface area contributed by atoms with Crippen LogP contribution < -0.4 is 8.37 Å². The lowest BCUT2D eigenvalue weighted by Crippen LogP contribution is -2.30. The van der Waals surface area contributed by atoms with Crippen LogP contribution in [0.1, 0.15) is 0 Å². The highest BCUT2D eigenvalue weighted by Gasteiger charge is 2.29. The van der Waals surface area contributed by atoms with E-state index in [0.717, 1.165) is 24.3 Å². The lowest BCUT2D eigenvalue weighted by Gasteiger charge is -2.13. The molecule has 6 nitrogen and oxygen atoms in total. The summed E-state index contributed by atoms with van der Waals surface area (Å²) in [5.74, 6) is -0.696. The molecule has 0 aliphatic rings. The molecule has 0 N–H and O–H groups in total. The molecule has 0 amide bonds. The largest absolute Gasteiger partial charge is 0.382 e. The van der Waals surface area contributed by atoms with Gasteiger partial charge >= 0.3 is 20.2 Å². The normalized spacial score (nSPS) is 12.6. The third-order valence-corrected chi connectivity index (χ3v) is 5.74. The fourth-order valence-electron chi connectivity index (χ4n) is 1.35. The number of halogens is 4. The van der Waals surface area contributed by atoms with Gasteiger partial charge in [0.1, 0.15) is 38.2 Å². The lowest BCUT2D eigenvalue weighted by atomic mass is 10.3. The van der Waals surface area contributed by atoms with Crippen molar-refractivity contribution < 1.29 is 42.8 Å². The van der Waals surface area contributed by atoms with Gasteiger partial charge in [0.05, 0.1) is 0 Å². The molecule has 138 valence electrons. The molecule has 0 atom stereocenters. The maximum Gasteiger partial charge on any atom is 0.317 e. The predicted octanol–water partition coefficient (Wildman–Crippen LogP) is 1.72. The van der Waals surface area contributed by atoms with E-state index < -0.39 is 57.4 Å². The molecule has 0 saturated carbocycles. The van der Waals surface area contributed by atoms with Gasteiger partial charge < -0.3 is 8.37 Å². The highest BCUT2D eigenvalue weighted by molar-refractivity contribution is 7.88. The van der Waals surface area contributed by atoms with Crippen molar-refractivity contribution in [3.8, 4) is 11.5 Å². The molecular formula is C12H14F4O6S2. The molecule has 0 unspecified atom stereocenters. The fraction of sp³-hybridized carbons (Fsp3) is 0.500. The Morgan fingerprint density at radius 3 is 1.12 bits per heavy atom. The van der Waals surface area contributed by atoms with Gasteiger partial charge in [-0.05, 0) is 24.3 Å². The van der Waals surface area contributed by atoms with Crippen LogP contribution in [0, 0.1) is 0 Å². The zero-order chi connectivity index (χ0) is 18.4. The van der Waals surface area contributed by atoms with Crippen LogP contribution in [-0.2, 0) is 20.2 Å². The zero-order valence-corrected chi connectivity index (χ0v) is 13.7. The molecule has 0 aliphatic heterocycles. The molecule has 0 saturated heterocycles. The Bertz CT molecular complexity index is 649. The number of benzene rings is 1. The van der Waals surface area contributed by atoms with Gasteiger partial charge in [0, 0.05) is 0 Å². The van der Waals surface area contributed by atoms with Crippen molar-refractivity contribution in [2.75, 3.05) is 26.7 Å². The van der Waals surface area contributed by atoms with Crippen LogP contribution in [0.3, 0.4) is 0 Å². The molecule has 0 bridgehead atoms. The van der Waals surface area contributed by atoms with Crippen molar-refractivity contribution in [3.63, 3.8) is 0 Å². The molecule has 0 radical (unpaired) electrons. The summed E-state index contributed by atoms with van der Waals surface area (Å²) in [6.07, 6.45) is 0. The quantitative estimate of drug-likeness (QED) is 0.444. The first-order valence-corrected chi connectivity index (χ1v) is 9.35. The second kappa shape index (κ2) is 8.51. The van der Waals surface area contributed by atoms with Crippen LogP contribution in [0.5, 0.6) is 11.5 Å². The van der Waals surface area contributed by atoms with Crippen LogP contribution >= 0.6 is 0 Å². The summed E-state index contributed by atoms with van der Waals surface area (Å²) < 4.78 is 105.